The SMILES string of the molecule is C=CC[C@@H](CCCCC)NNC(=O)c1ccccc1. The maximum atomic E-state index is 11.9. The average Bonchev–Trinajstić information content (AvgIpc) is 2.45. The van der Waals surface area contributed by atoms with Crippen molar-refractivity contribution < 1.29 is 4.79 Å². The van der Waals surface area contributed by atoms with E-state index in [9.17, 15) is 4.79 Å². The van der Waals surface area contributed by atoms with Crippen molar-refractivity contribution in [3.8, 4) is 0 Å². The summed E-state index contributed by atoms with van der Waals surface area (Å²) in [5, 5.41) is 0. The second-order valence-corrected chi connectivity index (χ2v) is 4.68. The van der Waals surface area contributed by atoms with Gasteiger partial charge in [-0.1, -0.05) is 50.5 Å². The molecule has 0 saturated carbocycles. The van der Waals surface area contributed by atoms with Crippen molar-refractivity contribution in [3.63, 3.8) is 0 Å². The van der Waals surface area contributed by atoms with Crippen LogP contribution in [0, 0.1) is 0 Å². The summed E-state index contributed by atoms with van der Waals surface area (Å²) in [6.45, 7) is 5.95. The van der Waals surface area contributed by atoms with Gasteiger partial charge in [-0.15, -0.1) is 6.58 Å². The lowest BCUT2D eigenvalue weighted by atomic mass is 10.1. The minimum Gasteiger partial charge on any atom is -0.287 e. The lowest BCUT2D eigenvalue weighted by Gasteiger charge is -2.17. The summed E-state index contributed by atoms with van der Waals surface area (Å²) in [6.07, 6.45) is 7.40. The van der Waals surface area contributed by atoms with Gasteiger partial charge in [-0.2, -0.15) is 0 Å². The number of nitrogens with one attached hydrogen (secondary N) is 2. The Morgan fingerprint density at radius 3 is 2.68 bits per heavy atom. The highest BCUT2D eigenvalue weighted by molar-refractivity contribution is 5.93. The van der Waals surface area contributed by atoms with Crippen molar-refractivity contribution in [2.24, 2.45) is 0 Å². The van der Waals surface area contributed by atoms with Crippen LogP contribution in [0.1, 0.15) is 49.4 Å². The summed E-state index contributed by atoms with van der Waals surface area (Å²) in [7, 11) is 0. The molecule has 0 aliphatic heterocycles. The van der Waals surface area contributed by atoms with Crippen LogP contribution in [0.2, 0.25) is 0 Å². The van der Waals surface area contributed by atoms with Crippen LogP contribution >= 0.6 is 0 Å². The number of amides is 1. The Hall–Kier alpha value is -1.61. The third kappa shape index (κ3) is 6.20. The molecule has 3 nitrogen and oxygen atoms in total. The van der Waals surface area contributed by atoms with E-state index in [2.05, 4.69) is 24.4 Å². The van der Waals surface area contributed by atoms with E-state index in [4.69, 9.17) is 0 Å². The van der Waals surface area contributed by atoms with E-state index in [-0.39, 0.29) is 11.9 Å². The maximum absolute atomic E-state index is 11.9. The first-order chi connectivity index (χ1) is 9.27. The van der Waals surface area contributed by atoms with Crippen LogP contribution in [0.25, 0.3) is 0 Å². The van der Waals surface area contributed by atoms with Crippen LogP contribution in [0.15, 0.2) is 43.0 Å². The molecule has 0 aliphatic rings. The number of hydrazine groups is 1. The second-order valence-electron chi connectivity index (χ2n) is 4.68. The summed E-state index contributed by atoms with van der Waals surface area (Å²) in [4.78, 5) is 11.9. The first-order valence-electron chi connectivity index (χ1n) is 6.99. The lowest BCUT2D eigenvalue weighted by molar-refractivity contribution is 0.0923. The number of carbonyl (C=O) groups is 1. The molecule has 104 valence electrons. The van der Waals surface area contributed by atoms with E-state index in [1.165, 1.54) is 19.3 Å². The molecule has 0 aromatic heterocycles. The summed E-state index contributed by atoms with van der Waals surface area (Å²) < 4.78 is 0. The van der Waals surface area contributed by atoms with E-state index in [0.29, 0.717) is 5.56 Å². The molecule has 2 N–H and O–H groups in total. The molecule has 1 amide bonds. The molecule has 0 radical (unpaired) electrons. The fraction of sp³-hybridized carbons (Fsp3) is 0.438. The maximum Gasteiger partial charge on any atom is 0.265 e. The van der Waals surface area contributed by atoms with Crippen LogP contribution in [0.5, 0.6) is 0 Å². The standard InChI is InChI=1S/C16H24N2O/c1-3-5-7-13-15(10-4-2)17-18-16(19)14-11-8-6-9-12-14/h4,6,8-9,11-12,15,17H,2-3,5,7,10,13H2,1H3,(H,18,19)/t15-/m0/s1. The van der Waals surface area contributed by atoms with Gasteiger partial charge in [0.15, 0.2) is 0 Å². The summed E-state index contributed by atoms with van der Waals surface area (Å²) in [5.41, 5.74) is 6.55. The predicted octanol–water partition coefficient (Wildman–Crippen LogP) is 3.45. The van der Waals surface area contributed by atoms with Gasteiger partial charge in [0.2, 0.25) is 0 Å². The molecule has 3 heteroatoms. The molecule has 0 saturated heterocycles. The summed E-state index contributed by atoms with van der Waals surface area (Å²) in [5.74, 6) is -0.0925. The smallest absolute Gasteiger partial charge is 0.265 e. The van der Waals surface area contributed by atoms with Crippen molar-refractivity contribution in [2.45, 2.75) is 45.1 Å². The number of hydrogen-bond acceptors (Lipinski definition) is 2. The quantitative estimate of drug-likeness (QED) is 0.405. The molecule has 0 bridgehead atoms. The normalized spacial score (nSPS) is 11.8. The van der Waals surface area contributed by atoms with Gasteiger partial charge in [0, 0.05) is 11.6 Å². The first-order valence-corrected chi connectivity index (χ1v) is 6.99. The van der Waals surface area contributed by atoms with E-state index < -0.39 is 0 Å². The molecule has 1 aromatic rings. The van der Waals surface area contributed by atoms with Crippen molar-refractivity contribution >= 4 is 5.91 Å². The van der Waals surface area contributed by atoms with Crippen molar-refractivity contribution in [3.05, 3.63) is 48.6 Å². The van der Waals surface area contributed by atoms with Gasteiger partial charge in [-0.05, 0) is 25.0 Å². The van der Waals surface area contributed by atoms with Gasteiger partial charge < -0.3 is 0 Å². The Balaban J connectivity index is 2.38. The third-order valence-electron chi connectivity index (χ3n) is 3.03. The minimum atomic E-state index is -0.0925. The van der Waals surface area contributed by atoms with E-state index in [1.807, 2.05) is 24.3 Å². The highest BCUT2D eigenvalue weighted by Gasteiger charge is 2.09. The predicted molar refractivity (Wildman–Crippen MR) is 79.8 cm³/mol. The van der Waals surface area contributed by atoms with Crippen LogP contribution < -0.4 is 10.9 Å². The third-order valence-corrected chi connectivity index (χ3v) is 3.03. The monoisotopic (exact) mass is 260 g/mol. The zero-order valence-corrected chi connectivity index (χ0v) is 11.7. The topological polar surface area (TPSA) is 41.1 Å². The highest BCUT2D eigenvalue weighted by Crippen LogP contribution is 2.06. The highest BCUT2D eigenvalue weighted by atomic mass is 16.2. The second kappa shape index (κ2) is 9.34. The minimum absolute atomic E-state index is 0.0925. The first kappa shape index (κ1) is 15.4. The Bertz CT molecular complexity index is 376. The fourth-order valence-electron chi connectivity index (χ4n) is 1.92. The molecule has 1 rings (SSSR count). The molecule has 1 aromatic carbocycles. The van der Waals surface area contributed by atoms with Crippen LogP contribution in [0.3, 0.4) is 0 Å². The fourth-order valence-corrected chi connectivity index (χ4v) is 1.92. The van der Waals surface area contributed by atoms with Gasteiger partial charge >= 0.3 is 0 Å². The zero-order valence-electron chi connectivity index (χ0n) is 11.7. The lowest BCUT2D eigenvalue weighted by Crippen LogP contribution is -2.44. The summed E-state index contributed by atoms with van der Waals surface area (Å²) >= 11 is 0. The summed E-state index contributed by atoms with van der Waals surface area (Å²) in [6, 6.07) is 9.48. The molecular weight excluding hydrogens is 236 g/mol. The Morgan fingerprint density at radius 2 is 2.05 bits per heavy atom. The Kier molecular flexibility index (Phi) is 7.59. The molecule has 0 heterocycles. The molecule has 0 aliphatic carbocycles. The molecule has 19 heavy (non-hydrogen) atoms. The molecular formula is C16H24N2O. The number of unbranched alkanes of at least 4 members (excludes halogenated alkanes) is 2. The van der Waals surface area contributed by atoms with Crippen molar-refractivity contribution in [1.82, 2.24) is 10.9 Å². The zero-order chi connectivity index (χ0) is 13.9. The van der Waals surface area contributed by atoms with Crippen molar-refractivity contribution in [1.29, 1.82) is 0 Å². The van der Waals surface area contributed by atoms with Crippen molar-refractivity contribution in [2.75, 3.05) is 0 Å². The average molecular weight is 260 g/mol. The van der Waals surface area contributed by atoms with E-state index >= 15 is 0 Å². The number of carbonyl (C=O) groups excluding carboxylic acids is 1. The Labute approximate surface area is 116 Å². The molecule has 0 unspecified atom stereocenters. The van der Waals surface area contributed by atoms with E-state index in [0.717, 1.165) is 12.8 Å². The van der Waals surface area contributed by atoms with E-state index in [1.54, 1.807) is 12.1 Å². The number of hydrogen-bond donors (Lipinski definition) is 2. The largest absolute Gasteiger partial charge is 0.287 e. The molecule has 1 atom stereocenters. The number of benzene rings is 1. The van der Waals surface area contributed by atoms with Crippen LogP contribution in [-0.4, -0.2) is 11.9 Å². The van der Waals surface area contributed by atoms with Crippen LogP contribution in [-0.2, 0) is 0 Å². The van der Waals surface area contributed by atoms with Gasteiger partial charge in [0.05, 0.1) is 0 Å². The van der Waals surface area contributed by atoms with Gasteiger partial charge in [0.1, 0.15) is 0 Å². The van der Waals surface area contributed by atoms with Gasteiger partial charge in [-0.3, -0.25) is 10.2 Å². The van der Waals surface area contributed by atoms with Crippen LogP contribution in [0.4, 0.5) is 0 Å². The van der Waals surface area contributed by atoms with Gasteiger partial charge in [0.25, 0.3) is 5.91 Å². The molecule has 0 fully saturated rings. The number of rotatable bonds is 9. The molecule has 0 spiro atoms. The Morgan fingerprint density at radius 1 is 1.32 bits per heavy atom. The van der Waals surface area contributed by atoms with Gasteiger partial charge in [-0.25, -0.2) is 5.43 Å².